The molecule has 0 bridgehead atoms. The number of methoxy groups -OCH3 is 1. The molecular weight excluding hydrogens is 496 g/mol. The van der Waals surface area contributed by atoms with Gasteiger partial charge in [0.05, 0.1) is 18.8 Å². The molecule has 0 radical (unpaired) electrons. The third-order valence-electron chi connectivity index (χ3n) is 6.64. The van der Waals surface area contributed by atoms with Crippen molar-refractivity contribution in [1.29, 1.82) is 0 Å². The summed E-state index contributed by atoms with van der Waals surface area (Å²) < 4.78 is 4.76. The zero-order valence-electron chi connectivity index (χ0n) is 22.1. The Bertz CT molecular complexity index is 1150. The number of carboxylic acids is 1. The number of aryl methyl sites for hydroxylation is 2. The minimum Gasteiger partial charge on any atom is -0.479 e. The number of carbonyl (C=O) groups is 2. The smallest absolute Gasteiger partial charge is 0.334 e. The molecule has 0 saturated carbocycles. The number of aliphatic carboxylic acids is 1. The molecule has 0 aliphatic carbocycles. The Morgan fingerprint density at radius 1 is 0.789 bits per heavy atom. The number of rotatable bonds is 16. The Balaban J connectivity index is 1.57. The van der Waals surface area contributed by atoms with Crippen LogP contribution >= 0.6 is 11.8 Å². The van der Waals surface area contributed by atoms with Gasteiger partial charge in [-0.05, 0) is 60.1 Å². The van der Waals surface area contributed by atoms with Crippen LogP contribution in [0.25, 0.3) is 0 Å². The van der Waals surface area contributed by atoms with Gasteiger partial charge in [-0.2, -0.15) is 0 Å². The molecule has 3 rings (SSSR count). The molecule has 3 aromatic rings. The first kappa shape index (κ1) is 29.5. The molecule has 0 fully saturated rings. The monoisotopic (exact) mass is 534 g/mol. The first-order valence-electron chi connectivity index (χ1n) is 13.3. The summed E-state index contributed by atoms with van der Waals surface area (Å²) >= 11 is 1.31. The van der Waals surface area contributed by atoms with Crippen LogP contribution in [-0.4, -0.2) is 35.4 Å². The summed E-state index contributed by atoms with van der Waals surface area (Å²) in [6.07, 6.45) is 7.52. The van der Waals surface area contributed by atoms with Gasteiger partial charge < -0.3 is 14.9 Å². The lowest BCUT2D eigenvalue weighted by Gasteiger charge is -2.23. The van der Waals surface area contributed by atoms with E-state index >= 15 is 0 Å². The van der Waals surface area contributed by atoms with Crippen molar-refractivity contribution in [1.82, 2.24) is 0 Å². The largest absolute Gasteiger partial charge is 0.479 e. The number of benzene rings is 3. The highest BCUT2D eigenvalue weighted by atomic mass is 32.2. The van der Waals surface area contributed by atoms with Gasteiger partial charge in [-0.3, -0.25) is 4.79 Å². The summed E-state index contributed by atoms with van der Waals surface area (Å²) in [5, 5.41) is 19.6. The van der Waals surface area contributed by atoms with E-state index in [9.17, 15) is 19.8 Å². The highest BCUT2D eigenvalue weighted by Gasteiger charge is 2.30. The van der Waals surface area contributed by atoms with E-state index < -0.39 is 17.3 Å². The summed E-state index contributed by atoms with van der Waals surface area (Å²) in [6.45, 7) is 0. The average molecular weight is 535 g/mol. The zero-order valence-corrected chi connectivity index (χ0v) is 22.9. The van der Waals surface area contributed by atoms with Gasteiger partial charge in [-0.1, -0.05) is 92.4 Å². The predicted molar refractivity (Wildman–Crippen MR) is 152 cm³/mol. The van der Waals surface area contributed by atoms with E-state index in [0.29, 0.717) is 0 Å². The van der Waals surface area contributed by atoms with Crippen molar-refractivity contribution in [2.24, 2.45) is 0 Å². The van der Waals surface area contributed by atoms with Gasteiger partial charge >= 0.3 is 11.9 Å². The van der Waals surface area contributed by atoms with Crippen molar-refractivity contribution in [3.8, 4) is 0 Å². The van der Waals surface area contributed by atoms with Gasteiger partial charge in [0.1, 0.15) is 0 Å². The molecule has 3 aromatic carbocycles. The number of hydrogen-bond acceptors (Lipinski definition) is 5. The molecule has 0 saturated heterocycles. The highest BCUT2D eigenvalue weighted by Crippen LogP contribution is 2.40. The fourth-order valence-electron chi connectivity index (χ4n) is 4.58. The molecule has 2 atom stereocenters. The molecule has 0 amide bonds. The van der Waals surface area contributed by atoms with Crippen molar-refractivity contribution in [3.63, 3.8) is 0 Å². The van der Waals surface area contributed by atoms with Crippen LogP contribution < -0.4 is 0 Å². The number of unbranched alkanes of at least 4 members (excludes halogenated alkanes) is 5. The summed E-state index contributed by atoms with van der Waals surface area (Å²) in [5.74, 6) is -1.59. The van der Waals surface area contributed by atoms with Crippen molar-refractivity contribution in [2.75, 3.05) is 7.11 Å². The number of ether oxygens (including phenoxy) is 1. The van der Waals surface area contributed by atoms with Crippen LogP contribution in [0.1, 0.15) is 66.0 Å². The molecule has 2 N–H and O–H groups in total. The molecule has 6 heteroatoms. The van der Waals surface area contributed by atoms with Crippen LogP contribution in [0.4, 0.5) is 0 Å². The summed E-state index contributed by atoms with van der Waals surface area (Å²) in [6, 6.07) is 25.8. The van der Waals surface area contributed by atoms with Gasteiger partial charge in [0.2, 0.25) is 0 Å². The first-order chi connectivity index (χ1) is 18.5. The van der Waals surface area contributed by atoms with Crippen molar-refractivity contribution in [2.45, 2.75) is 74.0 Å². The van der Waals surface area contributed by atoms with Gasteiger partial charge in [0.15, 0.2) is 6.10 Å². The third-order valence-corrected chi connectivity index (χ3v) is 7.94. The Hall–Kier alpha value is -3.09. The number of esters is 1. The summed E-state index contributed by atoms with van der Waals surface area (Å²) in [4.78, 5) is 24.3. The van der Waals surface area contributed by atoms with Crippen molar-refractivity contribution < 1.29 is 24.5 Å². The topological polar surface area (TPSA) is 83.8 Å². The number of hydrogen-bond donors (Lipinski definition) is 2. The minimum absolute atomic E-state index is 0.139. The second-order valence-electron chi connectivity index (χ2n) is 9.53. The van der Waals surface area contributed by atoms with E-state index in [0.717, 1.165) is 47.3 Å². The fourth-order valence-corrected chi connectivity index (χ4v) is 5.85. The third kappa shape index (κ3) is 9.66. The second kappa shape index (κ2) is 16.0. The van der Waals surface area contributed by atoms with Gasteiger partial charge in [0, 0.05) is 4.90 Å². The Morgan fingerprint density at radius 3 is 2.13 bits per heavy atom. The Morgan fingerprint density at radius 2 is 1.42 bits per heavy atom. The average Bonchev–Trinajstić information content (AvgIpc) is 2.93. The minimum atomic E-state index is -1.56. The summed E-state index contributed by atoms with van der Waals surface area (Å²) in [5.41, 5.74) is 4.09. The molecule has 2 unspecified atom stereocenters. The standard InChI is InChI=1S/C32H38O5S/c1-37-29(33)23-25-17-13-20-27(22-25)38-31(30(34)32(35)36)28-21-12-11-19-26(28)18-10-5-3-2-4-7-14-24-15-8-6-9-16-24/h6,8-9,11-13,15-17,19-22,30-31,34H,2-5,7,10,14,18,23H2,1H3,(H,35,36). The van der Waals surface area contributed by atoms with E-state index in [1.165, 1.54) is 50.1 Å². The van der Waals surface area contributed by atoms with Gasteiger partial charge in [-0.25, -0.2) is 4.79 Å². The SMILES string of the molecule is COC(=O)Cc1cccc(SC(c2ccccc2CCCCCCCCc2ccccc2)C(O)C(=O)O)c1. The van der Waals surface area contributed by atoms with Crippen LogP contribution in [0.5, 0.6) is 0 Å². The van der Waals surface area contributed by atoms with Gasteiger partial charge in [-0.15, -0.1) is 11.8 Å². The zero-order chi connectivity index (χ0) is 27.2. The quantitative estimate of drug-likeness (QED) is 0.119. The molecular formula is C32H38O5S. The van der Waals surface area contributed by atoms with Gasteiger partial charge in [0.25, 0.3) is 0 Å². The molecule has 0 aliphatic heterocycles. The number of carboxylic acid groups (broad SMARTS) is 1. The van der Waals surface area contributed by atoms with E-state index in [4.69, 9.17) is 4.74 Å². The lowest BCUT2D eigenvalue weighted by Crippen LogP contribution is -2.26. The molecule has 0 aliphatic rings. The second-order valence-corrected chi connectivity index (χ2v) is 10.7. The molecule has 0 spiro atoms. The van der Waals surface area contributed by atoms with E-state index in [1.807, 2.05) is 48.5 Å². The lowest BCUT2D eigenvalue weighted by molar-refractivity contribution is -0.146. The van der Waals surface area contributed by atoms with Crippen LogP contribution in [0, 0.1) is 0 Å². The molecule has 38 heavy (non-hydrogen) atoms. The van der Waals surface area contributed by atoms with Crippen LogP contribution in [-0.2, 0) is 33.6 Å². The van der Waals surface area contributed by atoms with Crippen molar-refractivity contribution in [3.05, 3.63) is 101 Å². The van der Waals surface area contributed by atoms with E-state index in [2.05, 4.69) is 30.3 Å². The lowest BCUT2D eigenvalue weighted by atomic mass is 9.96. The highest BCUT2D eigenvalue weighted by molar-refractivity contribution is 7.99. The Labute approximate surface area is 230 Å². The molecule has 202 valence electrons. The normalized spacial score (nSPS) is 12.6. The summed E-state index contributed by atoms with van der Waals surface area (Å²) in [7, 11) is 1.35. The maximum atomic E-state index is 11.8. The molecule has 5 nitrogen and oxygen atoms in total. The van der Waals surface area contributed by atoms with E-state index in [1.54, 1.807) is 0 Å². The Kier molecular flexibility index (Phi) is 12.4. The predicted octanol–water partition coefficient (Wildman–Crippen LogP) is 6.81. The van der Waals surface area contributed by atoms with Crippen LogP contribution in [0.2, 0.25) is 0 Å². The first-order valence-corrected chi connectivity index (χ1v) is 14.2. The number of thioether (sulfide) groups is 1. The molecule has 0 heterocycles. The molecule has 0 aromatic heterocycles. The maximum absolute atomic E-state index is 11.8. The van der Waals surface area contributed by atoms with Crippen LogP contribution in [0.3, 0.4) is 0 Å². The number of aliphatic hydroxyl groups excluding tert-OH is 1. The number of aliphatic hydroxyl groups is 1. The van der Waals surface area contributed by atoms with Crippen LogP contribution in [0.15, 0.2) is 83.8 Å². The number of carbonyl (C=O) groups excluding carboxylic acids is 1. The van der Waals surface area contributed by atoms with Crippen molar-refractivity contribution >= 4 is 23.7 Å². The fraction of sp³-hybridized carbons (Fsp3) is 0.375. The van der Waals surface area contributed by atoms with E-state index in [-0.39, 0.29) is 12.4 Å². The maximum Gasteiger partial charge on any atom is 0.334 e.